The summed E-state index contributed by atoms with van der Waals surface area (Å²) in [5.74, 6) is -0.244. The van der Waals surface area contributed by atoms with Crippen LogP contribution in [0.2, 0.25) is 0 Å². The Labute approximate surface area is 117 Å². The third-order valence-corrected chi connectivity index (χ3v) is 3.41. The average molecular weight is 278 g/mol. The SMILES string of the molecule is COc1ccc(CCN2CC(=O)NCC2C(=O)O)cc1. The lowest BCUT2D eigenvalue weighted by molar-refractivity contribution is -0.145. The molecule has 0 bridgehead atoms. The smallest absolute Gasteiger partial charge is 0.322 e. The van der Waals surface area contributed by atoms with E-state index >= 15 is 0 Å². The van der Waals surface area contributed by atoms with E-state index in [1.807, 2.05) is 24.3 Å². The molecule has 1 amide bonds. The minimum Gasteiger partial charge on any atom is -0.497 e. The number of ether oxygens (including phenoxy) is 1. The van der Waals surface area contributed by atoms with E-state index in [2.05, 4.69) is 5.32 Å². The van der Waals surface area contributed by atoms with Crippen LogP contribution in [0.25, 0.3) is 0 Å². The van der Waals surface area contributed by atoms with Gasteiger partial charge in [0.2, 0.25) is 5.91 Å². The second-order valence-electron chi connectivity index (χ2n) is 4.73. The van der Waals surface area contributed by atoms with Crippen molar-refractivity contribution < 1.29 is 19.4 Å². The number of carbonyl (C=O) groups is 2. The molecule has 2 N–H and O–H groups in total. The Hall–Kier alpha value is -2.08. The van der Waals surface area contributed by atoms with Crippen molar-refractivity contribution in [1.29, 1.82) is 0 Å². The van der Waals surface area contributed by atoms with Crippen molar-refractivity contribution in [1.82, 2.24) is 10.2 Å². The van der Waals surface area contributed by atoms with Gasteiger partial charge in [-0.15, -0.1) is 0 Å². The lowest BCUT2D eigenvalue weighted by atomic mass is 10.1. The number of amides is 1. The Bertz CT molecular complexity index is 486. The Morgan fingerprint density at radius 1 is 1.45 bits per heavy atom. The molecule has 1 heterocycles. The fraction of sp³-hybridized carbons (Fsp3) is 0.429. The van der Waals surface area contributed by atoms with Crippen LogP contribution in [0.15, 0.2) is 24.3 Å². The van der Waals surface area contributed by atoms with Crippen LogP contribution in [0.1, 0.15) is 5.56 Å². The van der Waals surface area contributed by atoms with Crippen LogP contribution in [-0.4, -0.2) is 54.7 Å². The molecule has 0 aromatic heterocycles. The number of hydrogen-bond acceptors (Lipinski definition) is 4. The number of aliphatic carboxylic acids is 1. The van der Waals surface area contributed by atoms with Crippen molar-refractivity contribution in [2.75, 3.05) is 26.7 Å². The molecule has 6 heteroatoms. The quantitative estimate of drug-likeness (QED) is 0.800. The highest BCUT2D eigenvalue weighted by Gasteiger charge is 2.31. The van der Waals surface area contributed by atoms with Crippen LogP contribution < -0.4 is 10.1 Å². The number of nitrogens with one attached hydrogen (secondary N) is 1. The summed E-state index contributed by atoms with van der Waals surface area (Å²) >= 11 is 0. The first kappa shape index (κ1) is 14.3. The standard InChI is InChI=1S/C14H18N2O4/c1-20-11-4-2-10(3-5-11)6-7-16-9-13(17)15-8-12(16)14(18)19/h2-5,12H,6-9H2,1H3,(H,15,17)(H,18,19). The van der Waals surface area contributed by atoms with Crippen LogP contribution in [0.5, 0.6) is 5.75 Å². The predicted molar refractivity (Wildman–Crippen MR) is 72.7 cm³/mol. The highest BCUT2D eigenvalue weighted by molar-refractivity contribution is 5.83. The molecule has 1 fully saturated rings. The van der Waals surface area contributed by atoms with Gasteiger partial charge in [0, 0.05) is 13.1 Å². The largest absolute Gasteiger partial charge is 0.497 e. The number of benzene rings is 1. The number of rotatable bonds is 5. The van der Waals surface area contributed by atoms with Gasteiger partial charge in [0.25, 0.3) is 0 Å². The predicted octanol–water partition coefficient (Wildman–Crippen LogP) is 0.123. The molecule has 0 aliphatic carbocycles. The average Bonchev–Trinajstić information content (AvgIpc) is 2.45. The molecule has 20 heavy (non-hydrogen) atoms. The first-order valence-corrected chi connectivity index (χ1v) is 6.46. The highest BCUT2D eigenvalue weighted by atomic mass is 16.5. The lowest BCUT2D eigenvalue weighted by Gasteiger charge is -2.32. The molecule has 1 saturated heterocycles. The van der Waals surface area contributed by atoms with Crippen molar-refractivity contribution in [3.8, 4) is 5.75 Å². The molecule has 1 aromatic rings. The summed E-state index contributed by atoms with van der Waals surface area (Å²) in [6.07, 6.45) is 0.695. The van der Waals surface area contributed by atoms with E-state index in [1.54, 1.807) is 12.0 Å². The Morgan fingerprint density at radius 2 is 2.15 bits per heavy atom. The Morgan fingerprint density at radius 3 is 2.75 bits per heavy atom. The third kappa shape index (κ3) is 3.48. The van der Waals surface area contributed by atoms with Gasteiger partial charge in [-0.2, -0.15) is 0 Å². The molecule has 108 valence electrons. The van der Waals surface area contributed by atoms with Gasteiger partial charge in [-0.25, -0.2) is 0 Å². The van der Waals surface area contributed by atoms with Crippen LogP contribution in [0, 0.1) is 0 Å². The summed E-state index contributed by atoms with van der Waals surface area (Å²) in [6, 6.07) is 6.97. The summed E-state index contributed by atoms with van der Waals surface area (Å²) in [5.41, 5.74) is 1.08. The van der Waals surface area contributed by atoms with E-state index in [0.29, 0.717) is 13.0 Å². The van der Waals surface area contributed by atoms with E-state index in [-0.39, 0.29) is 19.0 Å². The maximum atomic E-state index is 11.4. The van der Waals surface area contributed by atoms with Gasteiger partial charge >= 0.3 is 5.97 Å². The summed E-state index contributed by atoms with van der Waals surface area (Å²) in [6.45, 7) is 0.834. The minimum atomic E-state index is -0.903. The second kappa shape index (κ2) is 6.38. The van der Waals surface area contributed by atoms with Crippen molar-refractivity contribution in [3.63, 3.8) is 0 Å². The number of carbonyl (C=O) groups excluding carboxylic acids is 1. The molecule has 1 aliphatic rings. The molecular formula is C14H18N2O4. The summed E-state index contributed by atoms with van der Waals surface area (Å²) < 4.78 is 5.09. The van der Waals surface area contributed by atoms with Gasteiger partial charge in [-0.05, 0) is 24.1 Å². The van der Waals surface area contributed by atoms with Gasteiger partial charge in [-0.3, -0.25) is 14.5 Å². The number of carboxylic acids is 1. The van der Waals surface area contributed by atoms with Gasteiger partial charge in [0.15, 0.2) is 0 Å². The first-order valence-electron chi connectivity index (χ1n) is 6.46. The van der Waals surface area contributed by atoms with Crippen LogP contribution in [-0.2, 0) is 16.0 Å². The molecule has 1 unspecified atom stereocenters. The second-order valence-corrected chi connectivity index (χ2v) is 4.73. The molecule has 0 radical (unpaired) electrons. The van der Waals surface area contributed by atoms with Gasteiger partial charge in [0.05, 0.1) is 13.7 Å². The monoisotopic (exact) mass is 278 g/mol. The number of hydrogen-bond donors (Lipinski definition) is 2. The van der Waals surface area contributed by atoms with E-state index in [9.17, 15) is 9.59 Å². The van der Waals surface area contributed by atoms with Crippen LogP contribution in [0.4, 0.5) is 0 Å². The topological polar surface area (TPSA) is 78.9 Å². The number of carboxylic acid groups (broad SMARTS) is 1. The Balaban J connectivity index is 1.95. The van der Waals surface area contributed by atoms with Crippen molar-refractivity contribution >= 4 is 11.9 Å². The Kier molecular flexibility index (Phi) is 4.57. The summed E-state index contributed by atoms with van der Waals surface area (Å²) in [4.78, 5) is 24.2. The minimum absolute atomic E-state index is 0.128. The molecule has 2 rings (SSSR count). The van der Waals surface area contributed by atoms with Crippen molar-refractivity contribution in [2.45, 2.75) is 12.5 Å². The van der Waals surface area contributed by atoms with E-state index < -0.39 is 12.0 Å². The maximum absolute atomic E-state index is 11.4. The summed E-state index contributed by atoms with van der Waals surface area (Å²) in [5, 5.41) is 11.7. The maximum Gasteiger partial charge on any atom is 0.322 e. The van der Waals surface area contributed by atoms with E-state index in [4.69, 9.17) is 9.84 Å². The molecule has 1 aromatic carbocycles. The van der Waals surface area contributed by atoms with Crippen molar-refractivity contribution in [3.05, 3.63) is 29.8 Å². The van der Waals surface area contributed by atoms with Crippen LogP contribution in [0.3, 0.4) is 0 Å². The summed E-state index contributed by atoms with van der Waals surface area (Å²) in [7, 11) is 1.61. The zero-order valence-electron chi connectivity index (χ0n) is 11.3. The fourth-order valence-corrected chi connectivity index (χ4v) is 2.23. The number of methoxy groups -OCH3 is 1. The van der Waals surface area contributed by atoms with Crippen molar-refractivity contribution in [2.24, 2.45) is 0 Å². The highest BCUT2D eigenvalue weighted by Crippen LogP contribution is 2.13. The molecule has 1 aliphatic heterocycles. The van der Waals surface area contributed by atoms with E-state index in [0.717, 1.165) is 11.3 Å². The zero-order valence-corrected chi connectivity index (χ0v) is 11.3. The molecule has 0 saturated carbocycles. The van der Waals surface area contributed by atoms with Gasteiger partial charge in [0.1, 0.15) is 11.8 Å². The molecular weight excluding hydrogens is 260 g/mol. The fourth-order valence-electron chi connectivity index (χ4n) is 2.23. The normalized spacial score (nSPS) is 19.4. The molecule has 0 spiro atoms. The van der Waals surface area contributed by atoms with Gasteiger partial charge in [-0.1, -0.05) is 12.1 Å². The van der Waals surface area contributed by atoms with Crippen LogP contribution >= 0.6 is 0 Å². The number of nitrogens with zero attached hydrogens (tertiary/aromatic N) is 1. The molecule has 1 atom stereocenters. The van der Waals surface area contributed by atoms with E-state index in [1.165, 1.54) is 0 Å². The first-order chi connectivity index (χ1) is 9.60. The number of piperazine rings is 1. The zero-order chi connectivity index (χ0) is 14.5. The third-order valence-electron chi connectivity index (χ3n) is 3.41. The van der Waals surface area contributed by atoms with Gasteiger partial charge < -0.3 is 15.2 Å². The molecule has 6 nitrogen and oxygen atoms in total. The lowest BCUT2D eigenvalue weighted by Crippen LogP contribution is -2.57.